The average molecular weight is 350 g/mol. The van der Waals surface area contributed by atoms with Gasteiger partial charge in [0.2, 0.25) is 0 Å². The summed E-state index contributed by atoms with van der Waals surface area (Å²) in [5.74, 6) is 0.978. The molecule has 3 nitrogen and oxygen atoms in total. The summed E-state index contributed by atoms with van der Waals surface area (Å²) in [5.41, 5.74) is 3.60. The van der Waals surface area contributed by atoms with Crippen LogP contribution in [0.15, 0.2) is 12.1 Å². The molecule has 0 N–H and O–H groups in total. The van der Waals surface area contributed by atoms with Crippen LogP contribution in [0.25, 0.3) is 0 Å². The van der Waals surface area contributed by atoms with Crippen molar-refractivity contribution in [2.24, 2.45) is 0 Å². The van der Waals surface area contributed by atoms with Crippen LogP contribution >= 0.6 is 0 Å². The lowest BCUT2D eigenvalue weighted by Gasteiger charge is -2.31. The molecule has 3 heteroatoms. The molecule has 0 saturated carbocycles. The van der Waals surface area contributed by atoms with E-state index in [1.807, 2.05) is 20.8 Å². The van der Waals surface area contributed by atoms with E-state index in [4.69, 9.17) is 9.47 Å². The predicted octanol–water partition coefficient (Wildman–Crippen LogP) is 5.49. The van der Waals surface area contributed by atoms with Gasteiger partial charge >= 0.3 is 0 Å². The molecule has 0 aromatic heterocycles. The van der Waals surface area contributed by atoms with Gasteiger partial charge in [-0.2, -0.15) is 0 Å². The summed E-state index contributed by atoms with van der Waals surface area (Å²) in [6.07, 6.45) is 0. The topological polar surface area (TPSA) is 21.7 Å². The van der Waals surface area contributed by atoms with Crippen molar-refractivity contribution < 1.29 is 9.47 Å². The zero-order valence-corrected chi connectivity index (χ0v) is 18.3. The second kappa shape index (κ2) is 7.67. The third kappa shape index (κ3) is 6.99. The van der Waals surface area contributed by atoms with Crippen molar-refractivity contribution in [1.29, 1.82) is 0 Å². The second-order valence-corrected chi connectivity index (χ2v) is 10.3. The molecule has 0 radical (unpaired) electrons. The Morgan fingerprint density at radius 2 is 1.24 bits per heavy atom. The highest BCUT2D eigenvalue weighted by molar-refractivity contribution is 5.50. The summed E-state index contributed by atoms with van der Waals surface area (Å²) in [4.78, 5) is 2.21. The van der Waals surface area contributed by atoms with Crippen molar-refractivity contribution in [3.05, 3.63) is 28.8 Å². The van der Waals surface area contributed by atoms with Crippen molar-refractivity contribution in [3.63, 3.8) is 0 Å². The van der Waals surface area contributed by atoms with Gasteiger partial charge in [0.25, 0.3) is 0 Å². The molecule has 144 valence electrons. The van der Waals surface area contributed by atoms with Crippen LogP contribution in [0.5, 0.6) is 5.75 Å². The van der Waals surface area contributed by atoms with Gasteiger partial charge in [0, 0.05) is 17.7 Å². The van der Waals surface area contributed by atoms with E-state index < -0.39 is 0 Å². The Labute approximate surface area is 155 Å². The van der Waals surface area contributed by atoms with Gasteiger partial charge in [-0.1, -0.05) is 53.7 Å². The van der Waals surface area contributed by atoms with Crippen molar-refractivity contribution in [3.8, 4) is 5.75 Å². The summed E-state index contributed by atoms with van der Waals surface area (Å²) >= 11 is 0. The summed E-state index contributed by atoms with van der Waals surface area (Å²) in [7, 11) is 4.21. The van der Waals surface area contributed by atoms with Gasteiger partial charge in [-0.3, -0.25) is 0 Å². The molecule has 0 bridgehead atoms. The molecule has 25 heavy (non-hydrogen) atoms. The second-order valence-electron chi connectivity index (χ2n) is 10.3. The quantitative estimate of drug-likeness (QED) is 0.656. The van der Waals surface area contributed by atoms with Gasteiger partial charge in [-0.05, 0) is 51.3 Å². The summed E-state index contributed by atoms with van der Waals surface area (Å²) < 4.78 is 12.1. The Balaban J connectivity index is 3.42. The minimum absolute atomic E-state index is 0.000606. The normalized spacial score (nSPS) is 13.4. The standard InChI is InChI=1S/C22H39NO2/c1-20(2,3)17-12-16(14-23(10)11)13-18(21(4,5)6)19(17)24-15-25-22(7,8)9/h12-13H,14-15H2,1-11H3. The molecule has 0 heterocycles. The highest BCUT2D eigenvalue weighted by Gasteiger charge is 2.28. The summed E-state index contributed by atoms with van der Waals surface area (Å²) in [6, 6.07) is 4.59. The maximum Gasteiger partial charge on any atom is 0.189 e. The smallest absolute Gasteiger partial charge is 0.189 e. The first-order valence-electron chi connectivity index (χ1n) is 9.20. The van der Waals surface area contributed by atoms with Crippen molar-refractivity contribution in [2.45, 2.75) is 85.3 Å². The van der Waals surface area contributed by atoms with Crippen LogP contribution < -0.4 is 4.74 Å². The Kier molecular flexibility index (Phi) is 6.75. The summed E-state index contributed by atoms with van der Waals surface area (Å²) in [6.45, 7) is 20.8. The van der Waals surface area contributed by atoms with E-state index in [-0.39, 0.29) is 23.2 Å². The number of nitrogens with zero attached hydrogens (tertiary/aromatic N) is 1. The van der Waals surface area contributed by atoms with Crippen LogP contribution in [0.2, 0.25) is 0 Å². The van der Waals surface area contributed by atoms with Gasteiger partial charge in [0.15, 0.2) is 6.79 Å². The van der Waals surface area contributed by atoms with E-state index in [1.165, 1.54) is 16.7 Å². The Hall–Kier alpha value is -1.06. The zero-order valence-electron chi connectivity index (χ0n) is 18.3. The minimum Gasteiger partial charge on any atom is -0.467 e. The third-order valence-electron chi connectivity index (χ3n) is 3.96. The highest BCUT2D eigenvalue weighted by atomic mass is 16.7. The number of rotatable bonds is 5. The van der Waals surface area contributed by atoms with Crippen LogP contribution in [-0.2, 0) is 22.1 Å². The molecule has 0 aliphatic heterocycles. The highest BCUT2D eigenvalue weighted by Crippen LogP contribution is 2.41. The molecule has 1 aromatic carbocycles. The van der Waals surface area contributed by atoms with Crippen molar-refractivity contribution in [1.82, 2.24) is 4.90 Å². The van der Waals surface area contributed by atoms with E-state index in [2.05, 4.69) is 72.7 Å². The molecule has 1 aromatic rings. The van der Waals surface area contributed by atoms with E-state index in [9.17, 15) is 0 Å². The number of hydrogen-bond acceptors (Lipinski definition) is 3. The molecule has 0 spiro atoms. The van der Waals surface area contributed by atoms with Crippen molar-refractivity contribution >= 4 is 0 Å². The fraction of sp³-hybridized carbons (Fsp3) is 0.727. The largest absolute Gasteiger partial charge is 0.467 e. The van der Waals surface area contributed by atoms with Crippen LogP contribution in [0, 0.1) is 0 Å². The first-order valence-corrected chi connectivity index (χ1v) is 9.20. The number of hydrogen-bond donors (Lipinski definition) is 0. The average Bonchev–Trinajstić information content (AvgIpc) is 2.35. The molecule has 0 amide bonds. The van der Waals surface area contributed by atoms with Crippen LogP contribution in [0.4, 0.5) is 0 Å². The lowest BCUT2D eigenvalue weighted by Crippen LogP contribution is -2.25. The number of ether oxygens (including phenoxy) is 2. The monoisotopic (exact) mass is 349 g/mol. The molecule has 0 aliphatic rings. The van der Waals surface area contributed by atoms with Crippen LogP contribution in [0.1, 0.15) is 79.0 Å². The first kappa shape index (κ1) is 22.0. The molecule has 0 aliphatic carbocycles. The van der Waals surface area contributed by atoms with Gasteiger partial charge < -0.3 is 14.4 Å². The Morgan fingerprint density at radius 1 is 0.800 bits per heavy atom. The zero-order chi connectivity index (χ0) is 19.6. The summed E-state index contributed by atoms with van der Waals surface area (Å²) in [5, 5.41) is 0. The number of benzene rings is 1. The van der Waals surface area contributed by atoms with Crippen LogP contribution in [-0.4, -0.2) is 31.4 Å². The fourth-order valence-electron chi connectivity index (χ4n) is 2.68. The lowest BCUT2D eigenvalue weighted by molar-refractivity contribution is -0.0768. The maximum absolute atomic E-state index is 6.22. The van der Waals surface area contributed by atoms with E-state index in [1.54, 1.807) is 0 Å². The predicted molar refractivity (Wildman–Crippen MR) is 108 cm³/mol. The van der Waals surface area contributed by atoms with Crippen LogP contribution in [0.3, 0.4) is 0 Å². The molecule has 0 fully saturated rings. The Bertz CT molecular complexity index is 534. The van der Waals surface area contributed by atoms with E-state index in [0.29, 0.717) is 0 Å². The maximum atomic E-state index is 6.22. The first-order chi connectivity index (χ1) is 11.1. The van der Waals surface area contributed by atoms with Gasteiger partial charge in [-0.15, -0.1) is 0 Å². The molecule has 0 unspecified atom stereocenters. The molecular formula is C22H39NO2. The van der Waals surface area contributed by atoms with Gasteiger partial charge in [0.1, 0.15) is 5.75 Å². The fourth-order valence-corrected chi connectivity index (χ4v) is 2.68. The third-order valence-corrected chi connectivity index (χ3v) is 3.96. The minimum atomic E-state index is -0.214. The lowest BCUT2D eigenvalue weighted by atomic mass is 9.78. The molecule has 0 atom stereocenters. The molecule has 1 rings (SSSR count). The SMILES string of the molecule is CN(C)Cc1cc(C(C)(C)C)c(OCOC(C)(C)C)c(C(C)(C)C)c1. The van der Waals surface area contributed by atoms with Gasteiger partial charge in [0.05, 0.1) is 5.60 Å². The van der Waals surface area contributed by atoms with E-state index in [0.717, 1.165) is 12.3 Å². The van der Waals surface area contributed by atoms with Crippen molar-refractivity contribution in [2.75, 3.05) is 20.9 Å². The van der Waals surface area contributed by atoms with Gasteiger partial charge in [-0.25, -0.2) is 0 Å². The molecule has 0 saturated heterocycles. The van der Waals surface area contributed by atoms with E-state index >= 15 is 0 Å². The Morgan fingerprint density at radius 3 is 1.56 bits per heavy atom. The molecular weight excluding hydrogens is 310 g/mol.